The van der Waals surface area contributed by atoms with E-state index in [0.717, 1.165) is 16.7 Å². The van der Waals surface area contributed by atoms with Gasteiger partial charge in [0.25, 0.3) is 15.9 Å². The first-order chi connectivity index (χ1) is 12.2. The van der Waals surface area contributed by atoms with E-state index in [2.05, 4.69) is 5.32 Å². The van der Waals surface area contributed by atoms with Crippen molar-refractivity contribution in [1.29, 1.82) is 0 Å². The zero-order valence-electron chi connectivity index (χ0n) is 14.8. The van der Waals surface area contributed by atoms with E-state index >= 15 is 0 Å². The van der Waals surface area contributed by atoms with Crippen molar-refractivity contribution >= 4 is 21.8 Å². The molecular formula is C19H20N2O4S. The molecule has 1 heterocycles. The Hall–Kier alpha value is -2.67. The van der Waals surface area contributed by atoms with Gasteiger partial charge in [0.15, 0.2) is 0 Å². The van der Waals surface area contributed by atoms with Gasteiger partial charge in [-0.3, -0.25) is 9.59 Å². The molecule has 2 aromatic carbocycles. The van der Waals surface area contributed by atoms with Crippen LogP contribution in [0.25, 0.3) is 0 Å². The second-order valence-corrected chi connectivity index (χ2v) is 8.29. The molecule has 26 heavy (non-hydrogen) atoms. The molecule has 136 valence electrons. The van der Waals surface area contributed by atoms with Gasteiger partial charge in [0, 0.05) is 0 Å². The van der Waals surface area contributed by atoms with Crippen molar-refractivity contribution in [2.75, 3.05) is 6.54 Å². The van der Waals surface area contributed by atoms with Crippen LogP contribution in [0.15, 0.2) is 47.4 Å². The summed E-state index contributed by atoms with van der Waals surface area (Å²) in [6, 6.07) is 11.6. The summed E-state index contributed by atoms with van der Waals surface area (Å²) >= 11 is 0. The van der Waals surface area contributed by atoms with E-state index in [1.54, 1.807) is 12.1 Å². The molecule has 0 aliphatic carbocycles. The number of fused-ring (bicyclic) bond motifs is 1. The van der Waals surface area contributed by atoms with Crippen LogP contribution < -0.4 is 5.32 Å². The average Bonchev–Trinajstić information content (AvgIpc) is 2.78. The van der Waals surface area contributed by atoms with Crippen LogP contribution in [0.2, 0.25) is 0 Å². The maximum Gasteiger partial charge on any atom is 0.269 e. The van der Waals surface area contributed by atoms with Crippen molar-refractivity contribution in [2.45, 2.75) is 31.7 Å². The van der Waals surface area contributed by atoms with Crippen LogP contribution in [0.1, 0.15) is 40.0 Å². The molecule has 7 heteroatoms. The van der Waals surface area contributed by atoms with Crippen molar-refractivity contribution in [3.8, 4) is 0 Å². The predicted molar refractivity (Wildman–Crippen MR) is 97.1 cm³/mol. The SMILES string of the molecule is Cc1ccc(C)c(C(C)NC(=O)CN2C(=O)c3ccccc3S2(=O)=O)c1. The fourth-order valence-corrected chi connectivity index (χ4v) is 4.63. The summed E-state index contributed by atoms with van der Waals surface area (Å²) in [4.78, 5) is 24.7. The van der Waals surface area contributed by atoms with Crippen LogP contribution >= 0.6 is 0 Å². The summed E-state index contributed by atoms with van der Waals surface area (Å²) in [5.41, 5.74) is 3.15. The third-order valence-corrected chi connectivity index (χ3v) is 6.26. The van der Waals surface area contributed by atoms with Crippen LogP contribution in [0.4, 0.5) is 0 Å². The Balaban J connectivity index is 1.77. The minimum Gasteiger partial charge on any atom is -0.348 e. The number of aryl methyl sites for hydroxylation is 2. The van der Waals surface area contributed by atoms with Crippen molar-refractivity contribution in [1.82, 2.24) is 9.62 Å². The molecule has 1 aliphatic heterocycles. The van der Waals surface area contributed by atoms with Gasteiger partial charge in [-0.05, 0) is 44.0 Å². The Morgan fingerprint density at radius 1 is 1.15 bits per heavy atom. The van der Waals surface area contributed by atoms with E-state index in [1.165, 1.54) is 12.1 Å². The third-order valence-electron chi connectivity index (χ3n) is 4.48. The molecule has 6 nitrogen and oxygen atoms in total. The minimum atomic E-state index is -3.98. The van der Waals surface area contributed by atoms with E-state index in [9.17, 15) is 18.0 Å². The van der Waals surface area contributed by atoms with Gasteiger partial charge < -0.3 is 5.32 Å². The number of nitrogens with zero attached hydrogens (tertiary/aromatic N) is 1. The van der Waals surface area contributed by atoms with Gasteiger partial charge >= 0.3 is 0 Å². The van der Waals surface area contributed by atoms with Crippen LogP contribution in [0, 0.1) is 13.8 Å². The summed E-state index contributed by atoms with van der Waals surface area (Å²) < 4.78 is 25.6. The maximum absolute atomic E-state index is 12.5. The van der Waals surface area contributed by atoms with E-state index in [4.69, 9.17) is 0 Å². The number of carbonyl (C=O) groups is 2. The zero-order valence-corrected chi connectivity index (χ0v) is 15.6. The molecule has 1 unspecified atom stereocenters. The molecule has 0 bridgehead atoms. The summed E-state index contributed by atoms with van der Waals surface area (Å²) in [5, 5.41) is 2.78. The molecule has 0 aromatic heterocycles. The number of hydrogen-bond acceptors (Lipinski definition) is 4. The van der Waals surface area contributed by atoms with Crippen LogP contribution in [-0.2, 0) is 14.8 Å². The Bertz CT molecular complexity index is 998. The first kappa shape index (κ1) is 18.1. The highest BCUT2D eigenvalue weighted by atomic mass is 32.2. The van der Waals surface area contributed by atoms with Crippen LogP contribution in [0.3, 0.4) is 0 Å². The lowest BCUT2D eigenvalue weighted by Crippen LogP contribution is -2.41. The lowest BCUT2D eigenvalue weighted by molar-refractivity contribution is -0.121. The van der Waals surface area contributed by atoms with Gasteiger partial charge in [-0.1, -0.05) is 35.9 Å². The standard InChI is InChI=1S/C19H20N2O4S/c1-12-8-9-13(2)16(10-12)14(3)20-18(22)11-21-19(23)15-6-4-5-7-17(15)26(21,24)25/h4-10,14H,11H2,1-3H3,(H,20,22). The van der Waals surface area contributed by atoms with Gasteiger partial charge in [0.05, 0.1) is 11.6 Å². The number of benzene rings is 2. The molecule has 0 spiro atoms. The largest absolute Gasteiger partial charge is 0.348 e. The minimum absolute atomic E-state index is 0.0552. The molecule has 0 radical (unpaired) electrons. The van der Waals surface area contributed by atoms with Gasteiger partial charge in [-0.15, -0.1) is 0 Å². The Morgan fingerprint density at radius 2 is 1.85 bits per heavy atom. The van der Waals surface area contributed by atoms with Gasteiger partial charge in [-0.25, -0.2) is 12.7 Å². The molecule has 0 saturated heterocycles. The van der Waals surface area contributed by atoms with Gasteiger partial charge in [0.1, 0.15) is 11.4 Å². The number of hydrogen-bond donors (Lipinski definition) is 1. The highest BCUT2D eigenvalue weighted by Gasteiger charge is 2.41. The molecule has 3 rings (SSSR count). The molecule has 0 saturated carbocycles. The van der Waals surface area contributed by atoms with Crippen LogP contribution in [-0.4, -0.2) is 31.1 Å². The lowest BCUT2D eigenvalue weighted by atomic mass is 10.00. The summed E-state index contributed by atoms with van der Waals surface area (Å²) in [5.74, 6) is -1.20. The molecule has 1 atom stereocenters. The first-order valence-corrected chi connectivity index (χ1v) is 9.68. The average molecular weight is 372 g/mol. The second kappa shape index (κ2) is 6.57. The summed E-state index contributed by atoms with van der Waals surface area (Å²) in [7, 11) is -3.98. The molecule has 2 amide bonds. The highest BCUT2D eigenvalue weighted by molar-refractivity contribution is 7.90. The number of sulfonamides is 1. The normalized spacial score (nSPS) is 16.3. The number of rotatable bonds is 4. The van der Waals surface area contributed by atoms with E-state index in [-0.39, 0.29) is 16.5 Å². The fraction of sp³-hybridized carbons (Fsp3) is 0.263. The topological polar surface area (TPSA) is 83.6 Å². The first-order valence-electron chi connectivity index (χ1n) is 8.24. The van der Waals surface area contributed by atoms with Crippen molar-refractivity contribution < 1.29 is 18.0 Å². The lowest BCUT2D eigenvalue weighted by Gasteiger charge is -2.20. The van der Waals surface area contributed by atoms with Crippen molar-refractivity contribution in [3.05, 3.63) is 64.7 Å². The number of carbonyl (C=O) groups excluding carboxylic acids is 2. The highest BCUT2D eigenvalue weighted by Crippen LogP contribution is 2.29. The predicted octanol–water partition coefficient (Wildman–Crippen LogP) is 2.33. The monoisotopic (exact) mass is 372 g/mol. The van der Waals surface area contributed by atoms with Gasteiger partial charge in [-0.2, -0.15) is 0 Å². The molecule has 0 fully saturated rings. The Kier molecular flexibility index (Phi) is 4.58. The molecule has 1 aliphatic rings. The van der Waals surface area contributed by atoms with Gasteiger partial charge in [0.2, 0.25) is 5.91 Å². The van der Waals surface area contributed by atoms with E-state index in [1.807, 2.05) is 39.0 Å². The number of amides is 2. The smallest absolute Gasteiger partial charge is 0.269 e. The van der Waals surface area contributed by atoms with Crippen molar-refractivity contribution in [3.63, 3.8) is 0 Å². The summed E-state index contributed by atoms with van der Waals surface area (Å²) in [6.07, 6.45) is 0. The van der Waals surface area contributed by atoms with Crippen molar-refractivity contribution in [2.24, 2.45) is 0 Å². The van der Waals surface area contributed by atoms with E-state index in [0.29, 0.717) is 4.31 Å². The zero-order chi connectivity index (χ0) is 19.1. The summed E-state index contributed by atoms with van der Waals surface area (Å²) in [6.45, 7) is 5.20. The molecular weight excluding hydrogens is 352 g/mol. The maximum atomic E-state index is 12.5. The van der Waals surface area contributed by atoms with Crippen LogP contribution in [0.5, 0.6) is 0 Å². The fourth-order valence-electron chi connectivity index (χ4n) is 3.11. The second-order valence-electron chi connectivity index (χ2n) is 6.46. The molecule has 2 aromatic rings. The number of nitrogens with one attached hydrogen (secondary N) is 1. The third kappa shape index (κ3) is 3.10. The quantitative estimate of drug-likeness (QED) is 0.893. The Labute approximate surface area is 152 Å². The Morgan fingerprint density at radius 3 is 2.54 bits per heavy atom. The van der Waals surface area contributed by atoms with E-state index < -0.39 is 28.4 Å². The molecule has 1 N–H and O–H groups in total.